The van der Waals surface area contributed by atoms with E-state index in [-0.39, 0.29) is 10.6 Å². The summed E-state index contributed by atoms with van der Waals surface area (Å²) in [5.74, 6) is -0.306. The molecular formula is C16H21NO5S. The second kappa shape index (κ2) is 7.14. The topological polar surface area (TPSA) is 83.9 Å². The van der Waals surface area contributed by atoms with E-state index in [4.69, 9.17) is 9.84 Å². The van der Waals surface area contributed by atoms with Gasteiger partial charge in [-0.3, -0.25) is 0 Å². The van der Waals surface area contributed by atoms with E-state index in [9.17, 15) is 13.2 Å². The van der Waals surface area contributed by atoms with Crippen molar-refractivity contribution >= 4 is 22.1 Å². The molecule has 0 unspecified atom stereocenters. The van der Waals surface area contributed by atoms with Crippen LogP contribution < -0.4 is 4.74 Å². The summed E-state index contributed by atoms with van der Waals surface area (Å²) in [6, 6.07) is 4.61. The molecule has 1 aliphatic rings. The number of sulfonamides is 1. The lowest BCUT2D eigenvalue weighted by atomic mass is 10.0. The second-order valence-electron chi connectivity index (χ2n) is 5.67. The Balaban J connectivity index is 2.39. The Morgan fingerprint density at radius 3 is 2.57 bits per heavy atom. The average Bonchev–Trinajstić information content (AvgIpc) is 2.53. The molecule has 0 aromatic heterocycles. The Morgan fingerprint density at radius 2 is 2.00 bits per heavy atom. The number of carboxylic acids is 1. The van der Waals surface area contributed by atoms with Crippen molar-refractivity contribution < 1.29 is 23.1 Å². The summed E-state index contributed by atoms with van der Waals surface area (Å²) >= 11 is 0. The summed E-state index contributed by atoms with van der Waals surface area (Å²) < 4.78 is 32.4. The molecule has 1 aromatic carbocycles. The maximum atomic E-state index is 12.9. The fourth-order valence-electron chi connectivity index (χ4n) is 2.53. The lowest BCUT2D eigenvalue weighted by Crippen LogP contribution is -2.38. The highest BCUT2D eigenvalue weighted by molar-refractivity contribution is 7.89. The molecule has 1 saturated heterocycles. The molecule has 23 heavy (non-hydrogen) atoms. The lowest BCUT2D eigenvalue weighted by molar-refractivity contribution is -0.131. The highest BCUT2D eigenvalue weighted by Crippen LogP contribution is 2.30. The normalized spacial score (nSPS) is 17.5. The smallest absolute Gasteiger partial charge is 0.328 e. The third kappa shape index (κ3) is 4.11. The molecule has 0 amide bonds. The molecule has 0 saturated carbocycles. The molecule has 1 aliphatic heterocycles. The Morgan fingerprint density at radius 1 is 1.35 bits per heavy atom. The molecule has 7 heteroatoms. The van der Waals surface area contributed by atoms with Gasteiger partial charge in [-0.2, -0.15) is 4.31 Å². The zero-order valence-electron chi connectivity index (χ0n) is 13.2. The summed E-state index contributed by atoms with van der Waals surface area (Å²) in [4.78, 5) is 10.7. The summed E-state index contributed by atoms with van der Waals surface area (Å²) in [5, 5.41) is 8.70. The van der Waals surface area contributed by atoms with E-state index in [1.54, 1.807) is 12.1 Å². The number of aliphatic carboxylic acids is 1. The molecule has 0 atom stereocenters. The Labute approximate surface area is 136 Å². The molecule has 2 rings (SSSR count). The van der Waals surface area contributed by atoms with E-state index in [0.29, 0.717) is 24.6 Å². The monoisotopic (exact) mass is 339 g/mol. The number of benzene rings is 1. The molecule has 1 fully saturated rings. The van der Waals surface area contributed by atoms with Gasteiger partial charge < -0.3 is 9.84 Å². The second-order valence-corrected chi connectivity index (χ2v) is 7.57. The number of methoxy groups -OCH3 is 1. The van der Waals surface area contributed by atoms with Crippen molar-refractivity contribution in [2.45, 2.75) is 24.7 Å². The van der Waals surface area contributed by atoms with E-state index in [1.165, 1.54) is 23.6 Å². The van der Waals surface area contributed by atoms with E-state index < -0.39 is 16.0 Å². The van der Waals surface area contributed by atoms with Gasteiger partial charge in [0, 0.05) is 19.2 Å². The van der Waals surface area contributed by atoms with Crippen LogP contribution in [0.1, 0.15) is 25.3 Å². The van der Waals surface area contributed by atoms with Gasteiger partial charge in [0.15, 0.2) is 0 Å². The van der Waals surface area contributed by atoms with Crippen molar-refractivity contribution in [3.05, 3.63) is 29.8 Å². The van der Waals surface area contributed by atoms with Gasteiger partial charge in [-0.15, -0.1) is 0 Å². The molecular weight excluding hydrogens is 318 g/mol. The Hall–Kier alpha value is -1.86. The van der Waals surface area contributed by atoms with Gasteiger partial charge in [0.25, 0.3) is 0 Å². The van der Waals surface area contributed by atoms with Crippen LogP contribution >= 0.6 is 0 Å². The quantitative estimate of drug-likeness (QED) is 0.832. The molecule has 0 radical (unpaired) electrons. The highest BCUT2D eigenvalue weighted by atomic mass is 32.2. The SMILES string of the molecule is COc1ccc(C=CC(=O)O)cc1S(=O)(=O)N1CCC(C)CC1. The first-order chi connectivity index (χ1) is 10.8. The minimum Gasteiger partial charge on any atom is -0.495 e. The van der Waals surface area contributed by atoms with Crippen LogP contribution in [0.4, 0.5) is 0 Å². The number of hydrogen-bond donors (Lipinski definition) is 1. The van der Waals surface area contributed by atoms with Gasteiger partial charge in [-0.25, -0.2) is 13.2 Å². The lowest BCUT2D eigenvalue weighted by Gasteiger charge is -2.29. The van der Waals surface area contributed by atoms with Crippen LogP contribution in [0.25, 0.3) is 6.08 Å². The van der Waals surface area contributed by atoms with Crippen LogP contribution in [-0.2, 0) is 14.8 Å². The number of carbonyl (C=O) groups is 1. The van der Waals surface area contributed by atoms with Crippen LogP contribution in [0.15, 0.2) is 29.2 Å². The third-order valence-electron chi connectivity index (χ3n) is 3.97. The summed E-state index contributed by atoms with van der Waals surface area (Å²) in [6.07, 6.45) is 4.00. The minimum atomic E-state index is -3.66. The molecule has 6 nitrogen and oxygen atoms in total. The summed E-state index contributed by atoms with van der Waals surface area (Å²) in [7, 11) is -2.25. The molecule has 1 aromatic rings. The predicted octanol–water partition coefficient (Wildman–Crippen LogP) is 2.21. The van der Waals surface area contributed by atoms with Crippen molar-refractivity contribution in [2.24, 2.45) is 5.92 Å². The van der Waals surface area contributed by atoms with Gasteiger partial charge in [0.1, 0.15) is 10.6 Å². The van der Waals surface area contributed by atoms with E-state index in [1.807, 2.05) is 0 Å². The molecule has 0 spiro atoms. The molecule has 0 bridgehead atoms. The van der Waals surface area contributed by atoms with Crippen molar-refractivity contribution in [1.29, 1.82) is 0 Å². The van der Waals surface area contributed by atoms with Crippen molar-refractivity contribution in [3.63, 3.8) is 0 Å². The first-order valence-corrected chi connectivity index (χ1v) is 8.88. The number of carboxylic acid groups (broad SMARTS) is 1. The zero-order chi connectivity index (χ0) is 17.0. The average molecular weight is 339 g/mol. The molecule has 1 heterocycles. The third-order valence-corrected chi connectivity index (χ3v) is 5.89. The molecule has 126 valence electrons. The van der Waals surface area contributed by atoms with Crippen LogP contribution in [0.5, 0.6) is 5.75 Å². The minimum absolute atomic E-state index is 0.0714. The van der Waals surface area contributed by atoms with E-state index in [0.717, 1.165) is 18.9 Å². The summed E-state index contributed by atoms with van der Waals surface area (Å²) in [6.45, 7) is 3.09. The van der Waals surface area contributed by atoms with Gasteiger partial charge in [0.05, 0.1) is 7.11 Å². The van der Waals surface area contributed by atoms with Crippen molar-refractivity contribution in [1.82, 2.24) is 4.31 Å². The maximum Gasteiger partial charge on any atom is 0.328 e. The maximum absolute atomic E-state index is 12.9. The van der Waals surface area contributed by atoms with Gasteiger partial charge in [-0.1, -0.05) is 13.0 Å². The van der Waals surface area contributed by atoms with Gasteiger partial charge >= 0.3 is 5.97 Å². The van der Waals surface area contributed by atoms with Crippen LogP contribution in [0, 0.1) is 5.92 Å². The Kier molecular flexibility index (Phi) is 5.43. The number of nitrogens with zero attached hydrogens (tertiary/aromatic N) is 1. The largest absolute Gasteiger partial charge is 0.495 e. The zero-order valence-corrected chi connectivity index (χ0v) is 14.0. The first kappa shape index (κ1) is 17.5. The van der Waals surface area contributed by atoms with Crippen LogP contribution in [-0.4, -0.2) is 44.0 Å². The van der Waals surface area contributed by atoms with E-state index >= 15 is 0 Å². The standard InChI is InChI=1S/C16H21NO5S/c1-12-7-9-17(10-8-12)23(20,21)15-11-13(4-6-16(18)19)3-5-14(15)22-2/h3-6,11-12H,7-10H2,1-2H3,(H,18,19). The highest BCUT2D eigenvalue weighted by Gasteiger charge is 2.30. The predicted molar refractivity (Wildman–Crippen MR) is 86.8 cm³/mol. The van der Waals surface area contributed by atoms with Gasteiger partial charge in [-0.05, 0) is 42.5 Å². The van der Waals surface area contributed by atoms with Gasteiger partial charge in [0.2, 0.25) is 10.0 Å². The van der Waals surface area contributed by atoms with Crippen molar-refractivity contribution in [3.8, 4) is 5.75 Å². The molecule has 1 N–H and O–H groups in total. The van der Waals surface area contributed by atoms with Crippen LogP contribution in [0.3, 0.4) is 0 Å². The number of hydrogen-bond acceptors (Lipinski definition) is 4. The number of rotatable bonds is 5. The number of piperidine rings is 1. The molecule has 0 aliphatic carbocycles. The number of ether oxygens (including phenoxy) is 1. The van der Waals surface area contributed by atoms with Crippen molar-refractivity contribution in [2.75, 3.05) is 20.2 Å². The van der Waals surface area contributed by atoms with E-state index in [2.05, 4.69) is 6.92 Å². The fourth-order valence-corrected chi connectivity index (χ4v) is 4.19. The van der Waals surface area contributed by atoms with Crippen LogP contribution in [0.2, 0.25) is 0 Å². The Bertz CT molecular complexity index is 703. The fraction of sp³-hybridized carbons (Fsp3) is 0.438. The first-order valence-electron chi connectivity index (χ1n) is 7.44. The summed E-state index contributed by atoms with van der Waals surface area (Å²) in [5.41, 5.74) is 0.497.